The van der Waals surface area contributed by atoms with Crippen LogP contribution in [0, 0.1) is 11.7 Å². The van der Waals surface area contributed by atoms with Crippen molar-refractivity contribution in [1.29, 1.82) is 0 Å². The summed E-state index contributed by atoms with van der Waals surface area (Å²) in [7, 11) is 0. The Kier molecular flexibility index (Phi) is 6.06. The van der Waals surface area contributed by atoms with Crippen molar-refractivity contribution >= 4 is 28.7 Å². The second-order valence-corrected chi connectivity index (χ2v) is 9.97. The van der Waals surface area contributed by atoms with Gasteiger partial charge < -0.3 is 16.4 Å². The summed E-state index contributed by atoms with van der Waals surface area (Å²) in [5, 5.41) is 6.22. The molecule has 2 saturated carbocycles. The van der Waals surface area contributed by atoms with E-state index in [1.807, 2.05) is 4.57 Å². The summed E-state index contributed by atoms with van der Waals surface area (Å²) in [5.74, 6) is 0.364. The van der Waals surface area contributed by atoms with Gasteiger partial charge in [0.15, 0.2) is 5.65 Å². The predicted octanol–water partition coefficient (Wildman–Crippen LogP) is 5.77. The maximum absolute atomic E-state index is 14.5. The molecule has 0 spiro atoms. The van der Waals surface area contributed by atoms with E-state index in [9.17, 15) is 17.6 Å². The van der Waals surface area contributed by atoms with Crippen molar-refractivity contribution < 1.29 is 17.6 Å². The Bertz CT molecular complexity index is 1210. The Balaban J connectivity index is 1.55. The van der Waals surface area contributed by atoms with Crippen LogP contribution in [0.15, 0.2) is 24.4 Å². The van der Waals surface area contributed by atoms with Gasteiger partial charge in [-0.1, -0.05) is 0 Å². The number of aromatic nitrogens is 4. The van der Waals surface area contributed by atoms with Crippen LogP contribution in [0.5, 0.6) is 0 Å². The van der Waals surface area contributed by atoms with E-state index in [4.69, 9.17) is 10.7 Å². The van der Waals surface area contributed by atoms with Gasteiger partial charge in [0.2, 0.25) is 11.9 Å². The SMILES string of the molecule is CC1(Nc2ncc3nc(Nc4cc(C(F)(F)F)ccc4F)n([C@H]4CC[C@H](CN)CC4)c3n2)CCC1. The van der Waals surface area contributed by atoms with Gasteiger partial charge in [-0.3, -0.25) is 4.57 Å². The topological polar surface area (TPSA) is 93.7 Å². The number of fused-ring (bicyclic) bond motifs is 1. The maximum atomic E-state index is 14.5. The van der Waals surface area contributed by atoms with Crippen molar-refractivity contribution in [1.82, 2.24) is 19.5 Å². The van der Waals surface area contributed by atoms with Gasteiger partial charge in [0.1, 0.15) is 11.3 Å². The normalized spacial score (nSPS) is 22.1. The molecule has 11 heteroatoms. The molecule has 2 heterocycles. The molecule has 2 fully saturated rings. The van der Waals surface area contributed by atoms with Crippen LogP contribution in [0.25, 0.3) is 11.2 Å². The number of benzene rings is 1. The van der Waals surface area contributed by atoms with Gasteiger partial charge in [-0.25, -0.2) is 14.4 Å². The number of rotatable bonds is 6. The number of halogens is 4. The van der Waals surface area contributed by atoms with Gasteiger partial charge in [0.05, 0.1) is 17.4 Å². The van der Waals surface area contributed by atoms with E-state index in [1.54, 1.807) is 6.20 Å². The number of nitrogens with zero attached hydrogens (tertiary/aromatic N) is 4. The molecule has 3 aromatic rings. The molecule has 2 aromatic heterocycles. The van der Waals surface area contributed by atoms with Crippen LogP contribution in [0.4, 0.5) is 35.1 Å². The van der Waals surface area contributed by atoms with E-state index in [-0.39, 0.29) is 23.2 Å². The molecule has 1 aromatic carbocycles. The summed E-state index contributed by atoms with van der Waals surface area (Å²) < 4.78 is 56.2. The third-order valence-corrected chi connectivity index (χ3v) is 7.36. The van der Waals surface area contributed by atoms with Crippen LogP contribution in [-0.2, 0) is 6.18 Å². The monoisotopic (exact) mass is 491 g/mol. The Hall–Kier alpha value is -2.95. The highest BCUT2D eigenvalue weighted by Gasteiger charge is 2.34. The van der Waals surface area contributed by atoms with Gasteiger partial charge in [-0.15, -0.1) is 0 Å². The molecule has 7 nitrogen and oxygen atoms in total. The highest BCUT2D eigenvalue weighted by atomic mass is 19.4. The first-order chi connectivity index (χ1) is 16.6. The van der Waals surface area contributed by atoms with E-state index in [2.05, 4.69) is 27.5 Å². The molecule has 0 atom stereocenters. The van der Waals surface area contributed by atoms with E-state index in [0.717, 1.165) is 63.1 Å². The number of alkyl halides is 3. The van der Waals surface area contributed by atoms with Gasteiger partial charge >= 0.3 is 6.18 Å². The Morgan fingerprint density at radius 1 is 1.14 bits per heavy atom. The van der Waals surface area contributed by atoms with E-state index < -0.39 is 17.6 Å². The molecule has 2 aliphatic carbocycles. The smallest absolute Gasteiger partial charge is 0.349 e. The van der Waals surface area contributed by atoms with Crippen molar-refractivity contribution in [2.45, 2.75) is 69.6 Å². The zero-order valence-electron chi connectivity index (χ0n) is 19.5. The zero-order valence-corrected chi connectivity index (χ0v) is 19.5. The van der Waals surface area contributed by atoms with Crippen LogP contribution < -0.4 is 16.4 Å². The second-order valence-electron chi connectivity index (χ2n) is 9.97. The molecule has 0 amide bonds. The summed E-state index contributed by atoms with van der Waals surface area (Å²) in [6, 6.07) is 2.30. The van der Waals surface area contributed by atoms with Crippen molar-refractivity contribution in [2.24, 2.45) is 11.7 Å². The fraction of sp³-hybridized carbons (Fsp3) is 0.542. The van der Waals surface area contributed by atoms with Crippen molar-refractivity contribution in [2.75, 3.05) is 17.2 Å². The van der Waals surface area contributed by atoms with E-state index in [1.165, 1.54) is 0 Å². The highest BCUT2D eigenvalue weighted by Crippen LogP contribution is 2.39. The molecule has 0 aliphatic heterocycles. The largest absolute Gasteiger partial charge is 0.416 e. The van der Waals surface area contributed by atoms with Crippen molar-refractivity contribution in [3.05, 3.63) is 35.8 Å². The second kappa shape index (κ2) is 8.92. The molecule has 0 saturated heterocycles. The molecule has 5 rings (SSSR count). The summed E-state index contributed by atoms with van der Waals surface area (Å²) >= 11 is 0. The van der Waals surface area contributed by atoms with E-state index >= 15 is 0 Å². The molecular formula is C24H29F4N7. The van der Waals surface area contributed by atoms with Gasteiger partial charge in [0, 0.05) is 11.6 Å². The predicted molar refractivity (Wildman–Crippen MR) is 126 cm³/mol. The molecule has 4 N–H and O–H groups in total. The average molecular weight is 492 g/mol. The first-order valence-corrected chi connectivity index (χ1v) is 12.0. The summed E-state index contributed by atoms with van der Waals surface area (Å²) in [4.78, 5) is 13.7. The first kappa shape index (κ1) is 23.8. The van der Waals surface area contributed by atoms with Crippen LogP contribution >= 0.6 is 0 Å². The Morgan fingerprint density at radius 3 is 2.51 bits per heavy atom. The number of hydrogen-bond donors (Lipinski definition) is 3. The standard InChI is InChI=1S/C24H29F4N7/c1-23(9-2-10-23)34-21-30-13-19-20(33-21)35(16-6-3-14(12-29)4-7-16)22(32-19)31-18-11-15(24(26,27)28)5-8-17(18)25/h5,8,11,13-14,16H,2-4,6-7,9-10,12,29H2,1H3,(H,31,32)(H,30,33,34)/t14-,16-. The summed E-state index contributed by atoms with van der Waals surface area (Å²) in [6.45, 7) is 2.74. The highest BCUT2D eigenvalue weighted by molar-refractivity contribution is 5.77. The average Bonchev–Trinajstić information content (AvgIpc) is 3.16. The molecule has 35 heavy (non-hydrogen) atoms. The van der Waals surface area contributed by atoms with E-state index in [0.29, 0.717) is 29.6 Å². The lowest BCUT2D eigenvalue weighted by Crippen LogP contribution is -2.42. The molecule has 2 aliphatic rings. The summed E-state index contributed by atoms with van der Waals surface area (Å²) in [5.41, 5.74) is 5.63. The Morgan fingerprint density at radius 2 is 1.89 bits per heavy atom. The van der Waals surface area contributed by atoms with Crippen LogP contribution in [-0.4, -0.2) is 31.6 Å². The maximum Gasteiger partial charge on any atom is 0.416 e. The first-order valence-electron chi connectivity index (χ1n) is 12.0. The fourth-order valence-corrected chi connectivity index (χ4v) is 5.04. The minimum atomic E-state index is -4.59. The lowest BCUT2D eigenvalue weighted by Gasteiger charge is -2.39. The van der Waals surface area contributed by atoms with Crippen molar-refractivity contribution in [3.63, 3.8) is 0 Å². The lowest BCUT2D eigenvalue weighted by atomic mass is 9.79. The number of nitrogens with two attached hydrogens (primary N) is 1. The molecule has 188 valence electrons. The van der Waals surface area contributed by atoms with Gasteiger partial charge in [-0.05, 0) is 82.5 Å². The quantitative estimate of drug-likeness (QED) is 0.379. The molecule has 0 unspecified atom stereocenters. The third kappa shape index (κ3) is 4.78. The fourth-order valence-electron chi connectivity index (χ4n) is 5.04. The summed E-state index contributed by atoms with van der Waals surface area (Å²) in [6.07, 6.45) is 3.69. The molecular weight excluding hydrogens is 462 g/mol. The minimum Gasteiger partial charge on any atom is -0.349 e. The van der Waals surface area contributed by atoms with Crippen LogP contribution in [0.2, 0.25) is 0 Å². The van der Waals surface area contributed by atoms with Crippen LogP contribution in [0.3, 0.4) is 0 Å². The number of hydrogen-bond acceptors (Lipinski definition) is 6. The van der Waals surface area contributed by atoms with Gasteiger partial charge in [-0.2, -0.15) is 18.2 Å². The lowest BCUT2D eigenvalue weighted by molar-refractivity contribution is -0.137. The molecule has 0 bridgehead atoms. The zero-order chi connectivity index (χ0) is 24.8. The Labute approximate surface area is 200 Å². The van der Waals surface area contributed by atoms with Crippen LogP contribution in [0.1, 0.15) is 63.5 Å². The minimum absolute atomic E-state index is 0.00111. The van der Waals surface area contributed by atoms with Crippen molar-refractivity contribution in [3.8, 4) is 0 Å². The number of anilines is 3. The molecule has 0 radical (unpaired) electrons. The number of imidazole rings is 1. The number of nitrogens with one attached hydrogen (secondary N) is 2. The van der Waals surface area contributed by atoms with Gasteiger partial charge in [0.25, 0.3) is 0 Å². The third-order valence-electron chi connectivity index (χ3n) is 7.36.